The number of halogens is 3. The van der Waals surface area contributed by atoms with E-state index in [1.54, 1.807) is 15.6 Å². The molecule has 1 aromatic carbocycles. The molecule has 6 nitrogen and oxygen atoms in total. The van der Waals surface area contributed by atoms with Gasteiger partial charge in [0.2, 0.25) is 0 Å². The highest BCUT2D eigenvalue weighted by molar-refractivity contribution is 5.89. The molecule has 0 unspecified atom stereocenters. The number of rotatable bonds is 6. The molecule has 4 rings (SSSR count). The lowest BCUT2D eigenvalue weighted by atomic mass is 10.0. The highest BCUT2D eigenvalue weighted by Gasteiger charge is 2.37. The summed E-state index contributed by atoms with van der Waals surface area (Å²) < 4.78 is 42.3. The zero-order valence-electron chi connectivity index (χ0n) is 15.5. The van der Waals surface area contributed by atoms with Crippen LogP contribution in [0.2, 0.25) is 0 Å². The molecule has 3 heterocycles. The van der Waals surface area contributed by atoms with Gasteiger partial charge in [-0.25, -0.2) is 18.0 Å². The van der Waals surface area contributed by atoms with Gasteiger partial charge in [-0.15, -0.1) is 0 Å². The van der Waals surface area contributed by atoms with Gasteiger partial charge in [0.25, 0.3) is 5.92 Å². The van der Waals surface area contributed by atoms with E-state index >= 15 is 0 Å². The van der Waals surface area contributed by atoms with Gasteiger partial charge in [-0.2, -0.15) is 5.10 Å². The van der Waals surface area contributed by atoms with Crippen molar-refractivity contribution in [1.82, 2.24) is 19.7 Å². The molecule has 9 heteroatoms. The smallest absolute Gasteiger partial charge is 0.336 e. The van der Waals surface area contributed by atoms with Crippen LogP contribution >= 0.6 is 0 Å². The van der Waals surface area contributed by atoms with Crippen LogP contribution in [0.1, 0.15) is 28.0 Å². The zero-order valence-corrected chi connectivity index (χ0v) is 15.5. The van der Waals surface area contributed by atoms with E-state index in [0.717, 1.165) is 0 Å². The summed E-state index contributed by atoms with van der Waals surface area (Å²) >= 11 is 0. The van der Waals surface area contributed by atoms with Crippen LogP contribution in [0.15, 0.2) is 36.7 Å². The molecule has 1 fully saturated rings. The number of alkyl halides is 2. The van der Waals surface area contributed by atoms with E-state index < -0.39 is 17.7 Å². The Balaban J connectivity index is 1.63. The second-order valence-corrected chi connectivity index (χ2v) is 7.23. The molecular formula is C20H19F3N4O2. The number of carbonyl (C=O) groups is 1. The van der Waals surface area contributed by atoms with Crippen molar-refractivity contribution in [3.05, 3.63) is 59.3 Å². The first-order valence-electron chi connectivity index (χ1n) is 9.24. The third-order valence-electron chi connectivity index (χ3n) is 5.16. The minimum absolute atomic E-state index is 0.110. The van der Waals surface area contributed by atoms with Crippen LogP contribution in [0.25, 0.3) is 10.9 Å². The van der Waals surface area contributed by atoms with Crippen molar-refractivity contribution in [2.24, 2.45) is 0 Å². The van der Waals surface area contributed by atoms with Gasteiger partial charge in [-0.1, -0.05) is 0 Å². The van der Waals surface area contributed by atoms with Crippen molar-refractivity contribution in [3.63, 3.8) is 0 Å². The van der Waals surface area contributed by atoms with Crippen molar-refractivity contribution in [3.8, 4) is 0 Å². The monoisotopic (exact) mass is 404 g/mol. The first-order chi connectivity index (χ1) is 13.8. The van der Waals surface area contributed by atoms with E-state index in [2.05, 4.69) is 10.1 Å². The van der Waals surface area contributed by atoms with Crippen LogP contribution in [-0.4, -0.2) is 56.3 Å². The minimum atomic E-state index is -2.66. The number of likely N-dealkylation sites (tertiary alicyclic amines) is 1. The summed E-state index contributed by atoms with van der Waals surface area (Å²) in [4.78, 5) is 17.1. The maximum absolute atomic E-state index is 13.9. The molecule has 0 bridgehead atoms. The lowest BCUT2D eigenvalue weighted by molar-refractivity contribution is 0.0119. The van der Waals surface area contributed by atoms with Crippen LogP contribution in [0.4, 0.5) is 13.2 Å². The van der Waals surface area contributed by atoms with Crippen molar-refractivity contribution >= 4 is 16.9 Å². The second-order valence-electron chi connectivity index (χ2n) is 7.23. The Bertz CT molecular complexity index is 1070. The number of aromatic nitrogens is 3. The Labute approximate surface area is 164 Å². The molecule has 0 saturated carbocycles. The van der Waals surface area contributed by atoms with E-state index in [9.17, 15) is 23.1 Å². The highest BCUT2D eigenvalue weighted by atomic mass is 19.3. The normalized spacial score (nSPS) is 16.5. The summed E-state index contributed by atoms with van der Waals surface area (Å²) in [6.45, 7) is 0.824. The third kappa shape index (κ3) is 4.09. The average Bonchev–Trinajstić information content (AvgIpc) is 3.19. The molecule has 0 spiro atoms. The minimum Gasteiger partial charge on any atom is -0.478 e. The van der Waals surface area contributed by atoms with E-state index in [1.165, 1.54) is 30.6 Å². The number of hydrogen-bond donors (Lipinski definition) is 1. The van der Waals surface area contributed by atoms with Crippen LogP contribution in [0, 0.1) is 5.82 Å². The highest BCUT2D eigenvalue weighted by Crippen LogP contribution is 2.27. The summed E-state index contributed by atoms with van der Waals surface area (Å²) in [5.74, 6) is -4.16. The molecule has 1 saturated heterocycles. The number of carboxylic acids is 1. The van der Waals surface area contributed by atoms with Crippen LogP contribution in [0.3, 0.4) is 0 Å². The van der Waals surface area contributed by atoms with Crippen molar-refractivity contribution < 1.29 is 23.1 Å². The topological polar surface area (TPSA) is 71.2 Å². The molecule has 0 aliphatic carbocycles. The summed E-state index contributed by atoms with van der Waals surface area (Å²) in [5, 5.41) is 14.5. The Hall–Kier alpha value is -2.94. The predicted octanol–water partition coefficient (Wildman–Crippen LogP) is 3.20. The fourth-order valence-electron chi connectivity index (χ4n) is 3.71. The zero-order chi connectivity index (χ0) is 20.6. The van der Waals surface area contributed by atoms with Gasteiger partial charge >= 0.3 is 5.97 Å². The molecule has 1 aliphatic heterocycles. The fourth-order valence-corrected chi connectivity index (χ4v) is 3.71. The molecule has 2 aromatic heterocycles. The number of fused-ring (bicyclic) bond motifs is 1. The Morgan fingerprint density at radius 1 is 1.24 bits per heavy atom. The van der Waals surface area contributed by atoms with E-state index in [4.69, 9.17) is 0 Å². The molecule has 0 radical (unpaired) electrons. The SMILES string of the molecule is O=C(O)c1ccncc1Cc1nn(CCN2CCC(F)(F)C2)c2ccc(F)cc12. The number of carboxylic acid groups (broad SMARTS) is 1. The molecule has 1 aliphatic rings. The standard InChI is InChI=1S/C20H19F3N4O2/c21-14-1-2-18-16(10-14)17(9-13-11-24-5-3-15(13)19(28)29)25-27(18)8-7-26-6-4-20(22,23)12-26/h1-3,5,10-11H,4,6-9,12H2,(H,28,29). The molecule has 3 aromatic rings. The molecule has 0 amide bonds. The van der Waals surface area contributed by atoms with Gasteiger partial charge in [0, 0.05) is 43.7 Å². The summed E-state index contributed by atoms with van der Waals surface area (Å²) in [6, 6.07) is 5.68. The third-order valence-corrected chi connectivity index (χ3v) is 5.16. The van der Waals surface area contributed by atoms with Crippen molar-refractivity contribution in [2.45, 2.75) is 25.3 Å². The molecule has 29 heavy (non-hydrogen) atoms. The van der Waals surface area contributed by atoms with Crippen molar-refractivity contribution in [2.75, 3.05) is 19.6 Å². The van der Waals surface area contributed by atoms with Crippen LogP contribution in [0.5, 0.6) is 0 Å². The number of aromatic carboxylic acids is 1. The first-order valence-corrected chi connectivity index (χ1v) is 9.24. The van der Waals surface area contributed by atoms with Gasteiger partial charge in [0.15, 0.2) is 0 Å². The largest absolute Gasteiger partial charge is 0.478 e. The van der Waals surface area contributed by atoms with Crippen LogP contribution < -0.4 is 0 Å². The van der Waals surface area contributed by atoms with Gasteiger partial charge in [-0.05, 0) is 29.8 Å². The fraction of sp³-hybridized carbons (Fsp3) is 0.350. The lowest BCUT2D eigenvalue weighted by Gasteiger charge is -2.15. The predicted molar refractivity (Wildman–Crippen MR) is 99.7 cm³/mol. The maximum Gasteiger partial charge on any atom is 0.336 e. The lowest BCUT2D eigenvalue weighted by Crippen LogP contribution is -2.28. The number of pyridine rings is 1. The molecule has 152 valence electrons. The van der Waals surface area contributed by atoms with Gasteiger partial charge in [0.05, 0.1) is 29.9 Å². The maximum atomic E-state index is 13.9. The molecule has 0 atom stereocenters. The van der Waals surface area contributed by atoms with E-state index in [1.807, 2.05) is 0 Å². The Morgan fingerprint density at radius 2 is 2.07 bits per heavy atom. The second kappa shape index (κ2) is 7.47. The summed E-state index contributed by atoms with van der Waals surface area (Å²) in [5.41, 5.74) is 1.77. The number of hydrogen-bond acceptors (Lipinski definition) is 4. The van der Waals surface area contributed by atoms with E-state index in [0.29, 0.717) is 41.8 Å². The van der Waals surface area contributed by atoms with Gasteiger partial charge in [-0.3, -0.25) is 14.6 Å². The molecule has 1 N–H and O–H groups in total. The number of nitrogens with zero attached hydrogens (tertiary/aromatic N) is 4. The first kappa shape index (κ1) is 19.4. The Morgan fingerprint density at radius 3 is 2.79 bits per heavy atom. The quantitative estimate of drug-likeness (QED) is 0.683. The average molecular weight is 404 g/mol. The van der Waals surface area contributed by atoms with Gasteiger partial charge in [0.1, 0.15) is 5.82 Å². The van der Waals surface area contributed by atoms with Crippen LogP contribution in [-0.2, 0) is 13.0 Å². The summed E-state index contributed by atoms with van der Waals surface area (Å²) in [7, 11) is 0. The molecular weight excluding hydrogens is 385 g/mol. The number of benzene rings is 1. The Kier molecular flexibility index (Phi) is 4.99. The summed E-state index contributed by atoms with van der Waals surface area (Å²) in [6.07, 6.45) is 2.88. The van der Waals surface area contributed by atoms with Gasteiger partial charge < -0.3 is 5.11 Å². The van der Waals surface area contributed by atoms with Crippen molar-refractivity contribution in [1.29, 1.82) is 0 Å². The van der Waals surface area contributed by atoms with E-state index in [-0.39, 0.29) is 24.9 Å².